The van der Waals surface area contributed by atoms with Crippen molar-refractivity contribution >= 4 is 11.6 Å². The summed E-state index contributed by atoms with van der Waals surface area (Å²) in [6.45, 7) is 7.99. The van der Waals surface area contributed by atoms with Crippen LogP contribution in [0.25, 0.3) is 0 Å². The van der Waals surface area contributed by atoms with Crippen LogP contribution < -0.4 is 5.32 Å². The first-order valence-electron chi connectivity index (χ1n) is 6.93. The van der Waals surface area contributed by atoms with Crippen LogP contribution in [0.5, 0.6) is 0 Å². The highest BCUT2D eigenvalue weighted by Gasteiger charge is 2.23. The van der Waals surface area contributed by atoms with E-state index in [1.54, 1.807) is 0 Å². The molecule has 1 amide bonds. The van der Waals surface area contributed by atoms with E-state index in [1.807, 2.05) is 36.2 Å². The fourth-order valence-corrected chi connectivity index (χ4v) is 2.40. The largest absolute Gasteiger partial charge is 0.388 e. The summed E-state index contributed by atoms with van der Waals surface area (Å²) in [7, 11) is 1.88. The SMILES string of the molecule is CNc1ccc(C(=O)N2CCN(C(C)C)CC2)cc1. The summed E-state index contributed by atoms with van der Waals surface area (Å²) in [5.41, 5.74) is 1.80. The minimum atomic E-state index is 0.144. The van der Waals surface area contributed by atoms with Crippen LogP contribution in [0, 0.1) is 0 Å². The molecule has 1 aliphatic rings. The van der Waals surface area contributed by atoms with E-state index < -0.39 is 0 Å². The molecule has 0 radical (unpaired) electrons. The zero-order chi connectivity index (χ0) is 13.8. The van der Waals surface area contributed by atoms with Gasteiger partial charge in [0.2, 0.25) is 0 Å². The number of amides is 1. The zero-order valence-corrected chi connectivity index (χ0v) is 12.0. The van der Waals surface area contributed by atoms with Crippen LogP contribution in [-0.4, -0.2) is 55.0 Å². The summed E-state index contributed by atoms with van der Waals surface area (Å²) in [6.07, 6.45) is 0. The molecule has 0 unspecified atom stereocenters. The van der Waals surface area contributed by atoms with Crippen LogP contribution >= 0.6 is 0 Å². The van der Waals surface area contributed by atoms with Gasteiger partial charge in [-0.2, -0.15) is 0 Å². The lowest BCUT2D eigenvalue weighted by Crippen LogP contribution is -2.50. The highest BCUT2D eigenvalue weighted by Crippen LogP contribution is 2.13. The third kappa shape index (κ3) is 3.26. The standard InChI is InChI=1S/C15H23N3O/c1-12(2)17-8-10-18(11-9-17)15(19)13-4-6-14(16-3)7-5-13/h4-7,12,16H,8-11H2,1-3H3. The molecule has 1 N–H and O–H groups in total. The molecular formula is C15H23N3O. The molecule has 1 aromatic carbocycles. The molecule has 0 saturated carbocycles. The zero-order valence-electron chi connectivity index (χ0n) is 12.0. The van der Waals surface area contributed by atoms with Crippen molar-refractivity contribution in [2.45, 2.75) is 19.9 Å². The maximum Gasteiger partial charge on any atom is 0.253 e. The summed E-state index contributed by atoms with van der Waals surface area (Å²) in [5, 5.41) is 3.06. The van der Waals surface area contributed by atoms with Gasteiger partial charge in [0.05, 0.1) is 0 Å². The van der Waals surface area contributed by atoms with Gasteiger partial charge in [0.15, 0.2) is 0 Å². The van der Waals surface area contributed by atoms with Crippen molar-refractivity contribution < 1.29 is 4.79 Å². The molecule has 0 atom stereocenters. The second kappa shape index (κ2) is 6.06. The average Bonchev–Trinajstić information content (AvgIpc) is 2.46. The van der Waals surface area contributed by atoms with Crippen LogP contribution in [0.2, 0.25) is 0 Å². The van der Waals surface area contributed by atoms with Crippen LogP contribution in [0.4, 0.5) is 5.69 Å². The van der Waals surface area contributed by atoms with E-state index in [9.17, 15) is 4.79 Å². The van der Waals surface area contributed by atoms with E-state index in [4.69, 9.17) is 0 Å². The summed E-state index contributed by atoms with van der Waals surface area (Å²) in [5.74, 6) is 0.144. The predicted octanol–water partition coefficient (Wildman–Crippen LogP) is 1.89. The maximum atomic E-state index is 12.4. The Bertz CT molecular complexity index is 420. The molecule has 0 spiro atoms. The quantitative estimate of drug-likeness (QED) is 0.902. The third-order valence-electron chi connectivity index (χ3n) is 3.75. The number of nitrogens with zero attached hydrogens (tertiary/aromatic N) is 2. The molecular weight excluding hydrogens is 238 g/mol. The molecule has 2 rings (SSSR count). The van der Waals surface area contributed by atoms with Gasteiger partial charge in [-0.05, 0) is 38.1 Å². The highest BCUT2D eigenvalue weighted by atomic mass is 16.2. The Morgan fingerprint density at radius 3 is 2.16 bits per heavy atom. The minimum Gasteiger partial charge on any atom is -0.388 e. The Morgan fingerprint density at radius 2 is 1.68 bits per heavy atom. The van der Waals surface area contributed by atoms with Crippen molar-refractivity contribution in [2.24, 2.45) is 0 Å². The molecule has 19 heavy (non-hydrogen) atoms. The number of rotatable bonds is 3. The summed E-state index contributed by atoms with van der Waals surface area (Å²) in [4.78, 5) is 16.7. The first-order chi connectivity index (χ1) is 9.11. The highest BCUT2D eigenvalue weighted by molar-refractivity contribution is 5.94. The first-order valence-corrected chi connectivity index (χ1v) is 6.93. The van der Waals surface area contributed by atoms with Crippen molar-refractivity contribution in [3.63, 3.8) is 0 Å². The summed E-state index contributed by atoms with van der Waals surface area (Å²) >= 11 is 0. The lowest BCUT2D eigenvalue weighted by atomic mass is 10.1. The lowest BCUT2D eigenvalue weighted by molar-refractivity contribution is 0.0595. The fourth-order valence-electron chi connectivity index (χ4n) is 2.40. The van der Waals surface area contributed by atoms with Crippen LogP contribution in [0.1, 0.15) is 24.2 Å². The van der Waals surface area contributed by atoms with E-state index in [0.29, 0.717) is 6.04 Å². The molecule has 4 nitrogen and oxygen atoms in total. The number of nitrogens with one attached hydrogen (secondary N) is 1. The van der Waals surface area contributed by atoms with E-state index in [0.717, 1.165) is 37.4 Å². The van der Waals surface area contributed by atoms with Gasteiger partial charge < -0.3 is 10.2 Å². The molecule has 0 aliphatic carbocycles. The van der Waals surface area contributed by atoms with Gasteiger partial charge in [0, 0.05) is 50.5 Å². The number of hydrogen-bond donors (Lipinski definition) is 1. The molecule has 104 valence electrons. The van der Waals surface area contributed by atoms with E-state index in [1.165, 1.54) is 0 Å². The second-order valence-electron chi connectivity index (χ2n) is 5.25. The molecule has 1 aliphatic heterocycles. The van der Waals surface area contributed by atoms with Crippen molar-refractivity contribution in [1.29, 1.82) is 0 Å². The lowest BCUT2D eigenvalue weighted by Gasteiger charge is -2.37. The summed E-state index contributed by atoms with van der Waals surface area (Å²) in [6, 6.07) is 8.23. The first kappa shape index (κ1) is 13.9. The van der Waals surface area contributed by atoms with E-state index >= 15 is 0 Å². The number of carbonyl (C=O) groups excluding carboxylic acids is 1. The Kier molecular flexibility index (Phi) is 4.43. The van der Waals surface area contributed by atoms with Gasteiger partial charge in [-0.3, -0.25) is 9.69 Å². The minimum absolute atomic E-state index is 0.144. The average molecular weight is 261 g/mol. The van der Waals surface area contributed by atoms with Gasteiger partial charge >= 0.3 is 0 Å². The Morgan fingerprint density at radius 1 is 1.11 bits per heavy atom. The fraction of sp³-hybridized carbons (Fsp3) is 0.533. The van der Waals surface area contributed by atoms with Gasteiger partial charge in [-0.1, -0.05) is 0 Å². The number of benzene rings is 1. The maximum absolute atomic E-state index is 12.4. The van der Waals surface area contributed by atoms with Crippen molar-refractivity contribution in [2.75, 3.05) is 38.5 Å². The van der Waals surface area contributed by atoms with Gasteiger partial charge in [0.25, 0.3) is 5.91 Å². The predicted molar refractivity (Wildman–Crippen MR) is 78.6 cm³/mol. The van der Waals surface area contributed by atoms with Gasteiger partial charge in [-0.25, -0.2) is 0 Å². The van der Waals surface area contributed by atoms with E-state index in [2.05, 4.69) is 24.1 Å². The van der Waals surface area contributed by atoms with Gasteiger partial charge in [0.1, 0.15) is 0 Å². The smallest absolute Gasteiger partial charge is 0.253 e. The Balaban J connectivity index is 1.97. The molecule has 0 bridgehead atoms. The van der Waals surface area contributed by atoms with Crippen LogP contribution in [0.3, 0.4) is 0 Å². The molecule has 4 heteroatoms. The molecule has 1 aromatic rings. The van der Waals surface area contributed by atoms with Crippen molar-refractivity contribution in [3.8, 4) is 0 Å². The third-order valence-corrected chi connectivity index (χ3v) is 3.75. The summed E-state index contributed by atoms with van der Waals surface area (Å²) < 4.78 is 0. The molecule has 0 aromatic heterocycles. The molecule has 1 fully saturated rings. The number of piperazine rings is 1. The molecule has 1 heterocycles. The number of carbonyl (C=O) groups is 1. The second-order valence-corrected chi connectivity index (χ2v) is 5.25. The van der Waals surface area contributed by atoms with Crippen molar-refractivity contribution in [1.82, 2.24) is 9.80 Å². The number of hydrogen-bond acceptors (Lipinski definition) is 3. The van der Waals surface area contributed by atoms with Crippen LogP contribution in [0.15, 0.2) is 24.3 Å². The topological polar surface area (TPSA) is 35.6 Å². The monoisotopic (exact) mass is 261 g/mol. The Hall–Kier alpha value is -1.55. The van der Waals surface area contributed by atoms with Crippen LogP contribution in [-0.2, 0) is 0 Å². The van der Waals surface area contributed by atoms with Gasteiger partial charge in [-0.15, -0.1) is 0 Å². The van der Waals surface area contributed by atoms with E-state index in [-0.39, 0.29) is 5.91 Å². The van der Waals surface area contributed by atoms with Crippen molar-refractivity contribution in [3.05, 3.63) is 29.8 Å². The normalized spacial score (nSPS) is 16.7. The number of anilines is 1. The Labute approximate surface area is 115 Å². The molecule has 1 saturated heterocycles.